The summed E-state index contributed by atoms with van der Waals surface area (Å²) in [5.41, 5.74) is 1.04. The number of hydrogen-bond acceptors (Lipinski definition) is 5. The highest BCUT2D eigenvalue weighted by molar-refractivity contribution is 6.30. The van der Waals surface area contributed by atoms with Gasteiger partial charge in [0.1, 0.15) is 0 Å². The monoisotopic (exact) mass is 467 g/mol. The topological polar surface area (TPSA) is 36.8 Å². The number of benzene rings is 1. The maximum atomic E-state index is 6.16. The van der Waals surface area contributed by atoms with Crippen LogP contribution >= 0.6 is 11.6 Å². The molecule has 2 fully saturated rings. The standard InChI is InChI=1S/C26H34ClN5O/c1-29-14-16-30(17-15-29)13-12-23-20-33-19-18-31(23)26-24-6-4-2-3-5-7-25(24)32(28-26)22-10-8-21(27)9-11-22/h2,4,6-11,23H,3,5,12-20H2,1H3. The maximum absolute atomic E-state index is 6.16. The van der Waals surface area contributed by atoms with E-state index in [9.17, 15) is 0 Å². The van der Waals surface area contributed by atoms with Crippen LogP contribution in [0.2, 0.25) is 5.02 Å². The number of morpholine rings is 1. The van der Waals surface area contributed by atoms with Crippen LogP contribution in [0.15, 0.2) is 36.4 Å². The molecule has 1 aliphatic carbocycles. The molecule has 176 valence electrons. The fourth-order valence-corrected chi connectivity index (χ4v) is 5.06. The lowest BCUT2D eigenvalue weighted by Crippen LogP contribution is -2.51. The second-order valence-electron chi connectivity index (χ2n) is 9.24. The summed E-state index contributed by atoms with van der Waals surface area (Å²) in [6, 6.07) is 8.30. The van der Waals surface area contributed by atoms with Crippen molar-refractivity contribution in [3.8, 4) is 5.69 Å². The Morgan fingerprint density at radius 3 is 2.70 bits per heavy atom. The van der Waals surface area contributed by atoms with E-state index in [0.29, 0.717) is 6.04 Å². The molecule has 0 amide bonds. The highest BCUT2D eigenvalue weighted by Gasteiger charge is 2.28. The molecule has 0 N–H and O–H groups in total. The number of aromatic nitrogens is 2. The summed E-state index contributed by atoms with van der Waals surface area (Å²) in [5, 5.41) is 8.29. The zero-order valence-electron chi connectivity index (χ0n) is 19.5. The van der Waals surface area contributed by atoms with E-state index in [1.165, 1.54) is 10.6 Å². The second kappa shape index (κ2) is 10.4. The van der Waals surface area contributed by atoms with E-state index in [2.05, 4.69) is 50.7 Å². The Bertz CT molecular complexity index is 1090. The fourth-order valence-electron chi connectivity index (χ4n) is 4.93. The summed E-state index contributed by atoms with van der Waals surface area (Å²) in [4.78, 5) is 7.49. The lowest BCUT2D eigenvalue weighted by molar-refractivity contribution is 0.0822. The third-order valence-corrected chi connectivity index (χ3v) is 7.21. The molecule has 1 aromatic carbocycles. The summed E-state index contributed by atoms with van der Waals surface area (Å²) in [6.45, 7) is 8.09. The third-order valence-electron chi connectivity index (χ3n) is 6.95. The molecule has 0 bridgehead atoms. The van der Waals surface area contributed by atoms with Crippen LogP contribution in [0.4, 0.5) is 5.82 Å². The quantitative estimate of drug-likeness (QED) is 0.674. The molecular weight excluding hydrogens is 434 g/mol. The van der Waals surface area contributed by atoms with E-state index in [-0.39, 0.29) is 0 Å². The van der Waals surface area contributed by atoms with E-state index in [1.54, 1.807) is 0 Å². The molecule has 2 aromatic rings. The number of fused-ring (bicyclic) bond motifs is 1. The molecular formula is C26H34ClN5O. The van der Waals surface area contributed by atoms with Crippen molar-refractivity contribution in [2.45, 2.75) is 25.3 Å². The van der Waals surface area contributed by atoms with Gasteiger partial charge in [0.25, 0.3) is 0 Å². The van der Waals surface area contributed by atoms with Crippen LogP contribution in [0.25, 0.3) is 17.8 Å². The Kier molecular flexibility index (Phi) is 7.16. The van der Waals surface area contributed by atoms with Crippen LogP contribution in [0.3, 0.4) is 0 Å². The second-order valence-corrected chi connectivity index (χ2v) is 9.68. The van der Waals surface area contributed by atoms with Gasteiger partial charge in [0.2, 0.25) is 0 Å². The molecule has 1 unspecified atom stereocenters. The summed E-state index contributed by atoms with van der Waals surface area (Å²) in [5.74, 6) is 1.06. The van der Waals surface area contributed by atoms with Crippen molar-refractivity contribution in [3.05, 3.63) is 52.0 Å². The summed E-state index contributed by atoms with van der Waals surface area (Å²) >= 11 is 6.16. The van der Waals surface area contributed by atoms with Crippen molar-refractivity contribution in [1.82, 2.24) is 19.6 Å². The van der Waals surface area contributed by atoms with Crippen molar-refractivity contribution in [3.63, 3.8) is 0 Å². The van der Waals surface area contributed by atoms with E-state index >= 15 is 0 Å². The number of hydrogen-bond donors (Lipinski definition) is 0. The Morgan fingerprint density at radius 2 is 1.88 bits per heavy atom. The van der Waals surface area contributed by atoms with Crippen LogP contribution in [-0.4, -0.2) is 85.2 Å². The van der Waals surface area contributed by atoms with Gasteiger partial charge in [0, 0.05) is 49.5 Å². The molecule has 0 radical (unpaired) electrons. The van der Waals surface area contributed by atoms with Gasteiger partial charge in [0.05, 0.1) is 30.3 Å². The van der Waals surface area contributed by atoms with Crippen molar-refractivity contribution in [2.24, 2.45) is 0 Å². The minimum absolute atomic E-state index is 0.332. The summed E-state index contributed by atoms with van der Waals surface area (Å²) in [6.07, 6.45) is 12.1. The highest BCUT2D eigenvalue weighted by atomic mass is 35.5. The van der Waals surface area contributed by atoms with Crippen molar-refractivity contribution < 1.29 is 4.74 Å². The van der Waals surface area contributed by atoms with Crippen molar-refractivity contribution >= 4 is 29.6 Å². The molecule has 6 nitrogen and oxygen atoms in total. The Morgan fingerprint density at radius 1 is 1.06 bits per heavy atom. The number of rotatable bonds is 5. The number of halogens is 1. The fraction of sp³-hybridized carbons (Fsp3) is 0.500. The Labute approximate surface area is 201 Å². The van der Waals surface area contributed by atoms with Gasteiger partial charge in [-0.15, -0.1) is 5.10 Å². The molecule has 0 saturated carbocycles. The van der Waals surface area contributed by atoms with Gasteiger partial charge < -0.3 is 19.4 Å². The van der Waals surface area contributed by atoms with Crippen molar-refractivity contribution in [1.29, 1.82) is 0 Å². The molecule has 2 aliphatic heterocycles. The summed E-state index contributed by atoms with van der Waals surface area (Å²) < 4.78 is 8.02. The van der Waals surface area contributed by atoms with E-state index < -0.39 is 0 Å². The Balaban J connectivity index is 1.47. The average Bonchev–Trinajstić information content (AvgIpc) is 3.16. The molecule has 0 spiro atoms. The number of likely N-dealkylation sites (N-methyl/N-ethyl adjacent to an activating group) is 1. The normalized spacial score (nSPS) is 22.2. The van der Waals surface area contributed by atoms with Crippen LogP contribution in [0.1, 0.15) is 19.3 Å². The lowest BCUT2D eigenvalue weighted by Gasteiger charge is -2.38. The van der Waals surface area contributed by atoms with Gasteiger partial charge in [-0.1, -0.05) is 29.8 Å². The molecule has 5 rings (SSSR count). The highest BCUT2D eigenvalue weighted by Crippen LogP contribution is 2.19. The van der Waals surface area contributed by atoms with Crippen LogP contribution in [-0.2, 0) is 4.74 Å². The lowest BCUT2D eigenvalue weighted by atomic mass is 10.1. The van der Waals surface area contributed by atoms with Gasteiger partial charge >= 0.3 is 0 Å². The first-order valence-electron chi connectivity index (χ1n) is 12.2. The van der Waals surface area contributed by atoms with Crippen LogP contribution < -0.4 is 15.5 Å². The largest absolute Gasteiger partial charge is 0.377 e. The first-order valence-corrected chi connectivity index (χ1v) is 12.5. The first kappa shape index (κ1) is 22.7. The van der Waals surface area contributed by atoms with E-state index in [0.717, 1.165) is 88.3 Å². The van der Waals surface area contributed by atoms with Gasteiger partial charge in [-0.2, -0.15) is 0 Å². The van der Waals surface area contributed by atoms with E-state index in [1.807, 2.05) is 24.3 Å². The molecule has 7 heteroatoms. The van der Waals surface area contributed by atoms with Gasteiger partial charge in [-0.25, -0.2) is 4.68 Å². The van der Waals surface area contributed by atoms with Gasteiger partial charge in [-0.3, -0.25) is 0 Å². The van der Waals surface area contributed by atoms with Crippen molar-refractivity contribution in [2.75, 3.05) is 64.4 Å². The number of piperazine rings is 1. The molecule has 1 aromatic heterocycles. The predicted molar refractivity (Wildman–Crippen MR) is 136 cm³/mol. The zero-order chi connectivity index (χ0) is 22.6. The Hall–Kier alpha value is -2.12. The minimum atomic E-state index is 0.332. The van der Waals surface area contributed by atoms with E-state index in [4.69, 9.17) is 21.4 Å². The molecule has 2 saturated heterocycles. The maximum Gasteiger partial charge on any atom is 0.159 e. The number of nitrogens with zero attached hydrogens (tertiary/aromatic N) is 5. The number of anilines is 1. The molecule has 1 atom stereocenters. The average molecular weight is 468 g/mol. The van der Waals surface area contributed by atoms with Crippen LogP contribution in [0, 0.1) is 0 Å². The summed E-state index contributed by atoms with van der Waals surface area (Å²) in [7, 11) is 2.21. The molecule has 3 aliphatic rings. The number of ether oxygens (including phenoxy) is 1. The van der Waals surface area contributed by atoms with Gasteiger partial charge in [0.15, 0.2) is 5.82 Å². The molecule has 3 heterocycles. The predicted octanol–water partition coefficient (Wildman–Crippen LogP) is 2.28. The minimum Gasteiger partial charge on any atom is -0.377 e. The zero-order valence-corrected chi connectivity index (χ0v) is 20.3. The van der Waals surface area contributed by atoms with Crippen LogP contribution in [0.5, 0.6) is 0 Å². The third kappa shape index (κ3) is 5.19. The van der Waals surface area contributed by atoms with Gasteiger partial charge in [-0.05, 0) is 56.7 Å². The number of allylic oxidation sites excluding steroid dienone is 2. The SMILES string of the molecule is CN1CCN(CCC2COCCN2c2nn(-c3ccc(Cl)cc3)c3c2=CC=CCCC=3)CC1. The molecule has 33 heavy (non-hydrogen) atoms. The first-order chi connectivity index (χ1) is 16.2. The smallest absolute Gasteiger partial charge is 0.159 e.